The molecular formula is C42H33NS2. The van der Waals surface area contributed by atoms with E-state index >= 15 is 0 Å². The van der Waals surface area contributed by atoms with Gasteiger partial charge >= 0.3 is 0 Å². The Kier molecular flexibility index (Phi) is 5.70. The number of thiophene rings is 2. The number of benzene rings is 6. The molecule has 0 saturated heterocycles. The molecule has 0 amide bonds. The highest BCUT2D eigenvalue weighted by Gasteiger charge is 2.46. The molecule has 0 unspecified atom stereocenters. The zero-order chi connectivity index (χ0) is 30.5. The molecule has 0 saturated carbocycles. The van der Waals surface area contributed by atoms with E-state index in [1.165, 1.54) is 74.0 Å². The van der Waals surface area contributed by atoms with Crippen LogP contribution in [0, 0.1) is 0 Å². The summed E-state index contributed by atoms with van der Waals surface area (Å²) in [6.07, 6.45) is 0. The van der Waals surface area contributed by atoms with E-state index in [1.54, 1.807) is 0 Å². The normalized spacial score (nSPS) is 15.0. The van der Waals surface area contributed by atoms with E-state index in [0.717, 1.165) is 5.69 Å². The lowest BCUT2D eigenvalue weighted by Gasteiger charge is -2.48. The van der Waals surface area contributed by atoms with Crippen LogP contribution in [0.1, 0.15) is 38.8 Å². The SMILES string of the molecule is CC1(C)c2ccccc2-c2c(ccc3c2sc2cc(N(c4ccccc4)c4ccc5sc6ccccc6c5c4)ccc23)C1(C)C. The first-order chi connectivity index (χ1) is 21.8. The second-order valence-electron chi connectivity index (χ2n) is 13.4. The molecule has 0 radical (unpaired) electrons. The molecule has 0 bridgehead atoms. The zero-order valence-electron chi connectivity index (χ0n) is 25.9. The number of para-hydroxylation sites is 1. The Morgan fingerprint density at radius 2 is 1.09 bits per heavy atom. The number of hydrogen-bond donors (Lipinski definition) is 0. The molecule has 45 heavy (non-hydrogen) atoms. The maximum absolute atomic E-state index is 2.42. The summed E-state index contributed by atoms with van der Waals surface area (Å²) < 4.78 is 5.37. The van der Waals surface area contributed by atoms with Crippen LogP contribution in [0.2, 0.25) is 0 Å². The van der Waals surface area contributed by atoms with Gasteiger partial charge in [0.2, 0.25) is 0 Å². The molecule has 1 aliphatic carbocycles. The first-order valence-electron chi connectivity index (χ1n) is 15.7. The number of rotatable bonds is 3. The molecule has 1 aliphatic rings. The van der Waals surface area contributed by atoms with Crippen molar-refractivity contribution in [2.45, 2.75) is 38.5 Å². The number of fused-ring (bicyclic) bond motifs is 10. The van der Waals surface area contributed by atoms with Gasteiger partial charge in [-0.05, 0) is 76.1 Å². The van der Waals surface area contributed by atoms with Crippen molar-refractivity contribution in [2.75, 3.05) is 4.90 Å². The van der Waals surface area contributed by atoms with Crippen molar-refractivity contribution in [3.63, 3.8) is 0 Å². The Morgan fingerprint density at radius 1 is 0.444 bits per heavy atom. The molecule has 0 spiro atoms. The number of nitrogens with zero attached hydrogens (tertiary/aromatic N) is 1. The van der Waals surface area contributed by atoms with Crippen LogP contribution in [0.15, 0.2) is 127 Å². The maximum Gasteiger partial charge on any atom is 0.0476 e. The molecular weight excluding hydrogens is 583 g/mol. The van der Waals surface area contributed by atoms with Crippen molar-refractivity contribution in [3.05, 3.63) is 139 Å². The molecule has 0 atom stereocenters. The Bertz CT molecular complexity index is 2440. The van der Waals surface area contributed by atoms with Crippen LogP contribution in [0.25, 0.3) is 51.5 Å². The largest absolute Gasteiger partial charge is 0.310 e. The van der Waals surface area contributed by atoms with Gasteiger partial charge in [0.25, 0.3) is 0 Å². The minimum absolute atomic E-state index is 0.000786. The summed E-state index contributed by atoms with van der Waals surface area (Å²) in [5, 5.41) is 5.31. The first kappa shape index (κ1) is 26.9. The van der Waals surface area contributed by atoms with Crippen LogP contribution in [0.5, 0.6) is 0 Å². The van der Waals surface area contributed by atoms with E-state index in [0.29, 0.717) is 0 Å². The fourth-order valence-corrected chi connectivity index (χ4v) is 9.94. The van der Waals surface area contributed by atoms with Crippen molar-refractivity contribution in [3.8, 4) is 11.1 Å². The average Bonchev–Trinajstić information content (AvgIpc) is 3.62. The first-order valence-corrected chi connectivity index (χ1v) is 17.3. The summed E-state index contributed by atoms with van der Waals surface area (Å²) in [7, 11) is 0. The van der Waals surface area contributed by atoms with Crippen LogP contribution in [0.3, 0.4) is 0 Å². The van der Waals surface area contributed by atoms with Gasteiger partial charge in [0.1, 0.15) is 0 Å². The summed E-state index contributed by atoms with van der Waals surface area (Å²) in [5.74, 6) is 0. The molecule has 8 aromatic rings. The highest BCUT2D eigenvalue weighted by Crippen LogP contribution is 2.57. The smallest absolute Gasteiger partial charge is 0.0476 e. The summed E-state index contributed by atoms with van der Waals surface area (Å²) >= 11 is 3.81. The molecule has 0 fully saturated rings. The summed E-state index contributed by atoms with van der Waals surface area (Å²) in [6, 6.07) is 47.4. The predicted molar refractivity (Wildman–Crippen MR) is 198 cm³/mol. The fourth-order valence-electron chi connectivity index (χ4n) is 7.55. The van der Waals surface area contributed by atoms with E-state index in [-0.39, 0.29) is 10.8 Å². The quantitative estimate of drug-likeness (QED) is 0.191. The lowest BCUT2D eigenvalue weighted by molar-refractivity contribution is 0.299. The highest BCUT2D eigenvalue weighted by molar-refractivity contribution is 7.26. The summed E-state index contributed by atoms with van der Waals surface area (Å²) in [6.45, 7) is 9.66. The van der Waals surface area contributed by atoms with Crippen LogP contribution < -0.4 is 4.90 Å². The van der Waals surface area contributed by atoms with Crippen molar-refractivity contribution >= 4 is 80.1 Å². The standard InChI is InChI=1S/C42H33NS2/c1-41(2)34-16-10-8-15-32(34)39-35(42(41,3)4)22-21-31-30-20-18-28(25-38(30)45-40(31)39)43(26-12-6-5-7-13-26)27-19-23-37-33(24-27)29-14-9-11-17-36(29)44-37/h5-25H,1-4H3. The van der Waals surface area contributed by atoms with E-state index in [4.69, 9.17) is 0 Å². The van der Waals surface area contributed by atoms with Gasteiger partial charge in [0, 0.05) is 63.0 Å². The number of hydrogen-bond acceptors (Lipinski definition) is 3. The highest BCUT2D eigenvalue weighted by atomic mass is 32.1. The van der Waals surface area contributed by atoms with Gasteiger partial charge in [-0.2, -0.15) is 0 Å². The van der Waals surface area contributed by atoms with Gasteiger partial charge in [-0.15, -0.1) is 22.7 Å². The lowest BCUT2D eigenvalue weighted by atomic mass is 9.55. The van der Waals surface area contributed by atoms with Gasteiger partial charge in [-0.3, -0.25) is 0 Å². The lowest BCUT2D eigenvalue weighted by Crippen LogP contribution is -2.43. The summed E-state index contributed by atoms with van der Waals surface area (Å²) in [4.78, 5) is 2.41. The van der Waals surface area contributed by atoms with E-state index in [9.17, 15) is 0 Å². The fraction of sp³-hybridized carbons (Fsp3) is 0.143. The summed E-state index contributed by atoms with van der Waals surface area (Å²) in [5.41, 5.74) is 9.24. The van der Waals surface area contributed by atoms with Crippen LogP contribution in [0.4, 0.5) is 17.1 Å². The molecule has 2 heterocycles. The average molecular weight is 616 g/mol. The van der Waals surface area contributed by atoms with Crippen LogP contribution >= 0.6 is 22.7 Å². The molecule has 3 heteroatoms. The monoisotopic (exact) mass is 615 g/mol. The Balaban J connectivity index is 1.27. The topological polar surface area (TPSA) is 3.24 Å². The number of anilines is 3. The van der Waals surface area contributed by atoms with E-state index in [1.807, 2.05) is 22.7 Å². The molecule has 2 aromatic heterocycles. The van der Waals surface area contributed by atoms with E-state index < -0.39 is 0 Å². The molecule has 218 valence electrons. The van der Waals surface area contributed by atoms with Crippen LogP contribution in [-0.2, 0) is 10.8 Å². The van der Waals surface area contributed by atoms with Gasteiger partial charge in [-0.25, -0.2) is 0 Å². The second-order valence-corrected chi connectivity index (χ2v) is 15.5. The second kappa shape index (κ2) is 9.53. The Morgan fingerprint density at radius 3 is 1.96 bits per heavy atom. The van der Waals surface area contributed by atoms with Crippen molar-refractivity contribution in [1.29, 1.82) is 0 Å². The van der Waals surface area contributed by atoms with Gasteiger partial charge in [0.15, 0.2) is 0 Å². The minimum Gasteiger partial charge on any atom is -0.310 e. The maximum atomic E-state index is 2.42. The van der Waals surface area contributed by atoms with Gasteiger partial charge in [0.05, 0.1) is 0 Å². The van der Waals surface area contributed by atoms with Gasteiger partial charge in [-0.1, -0.05) is 107 Å². The van der Waals surface area contributed by atoms with Crippen molar-refractivity contribution < 1.29 is 0 Å². The third-order valence-electron chi connectivity index (χ3n) is 10.6. The van der Waals surface area contributed by atoms with Crippen LogP contribution in [-0.4, -0.2) is 0 Å². The predicted octanol–water partition coefficient (Wildman–Crippen LogP) is 13.1. The minimum atomic E-state index is 0.000786. The Labute approximate surface area is 272 Å². The van der Waals surface area contributed by atoms with Gasteiger partial charge < -0.3 is 4.90 Å². The molecule has 1 nitrogen and oxygen atoms in total. The van der Waals surface area contributed by atoms with Crippen molar-refractivity contribution in [1.82, 2.24) is 0 Å². The Hall–Kier alpha value is -4.44. The van der Waals surface area contributed by atoms with Crippen molar-refractivity contribution in [2.24, 2.45) is 0 Å². The van der Waals surface area contributed by atoms with E-state index in [2.05, 4.69) is 160 Å². The third kappa shape index (κ3) is 3.78. The zero-order valence-corrected chi connectivity index (χ0v) is 27.5. The third-order valence-corrected chi connectivity index (χ3v) is 13.0. The molecule has 6 aromatic carbocycles. The molecule has 0 N–H and O–H groups in total. The molecule has 9 rings (SSSR count). The molecule has 0 aliphatic heterocycles.